The molecular formula is C22H22F3N5O2S. The molecular weight excluding hydrogens is 455 g/mol. The zero-order valence-electron chi connectivity index (χ0n) is 17.9. The van der Waals surface area contributed by atoms with Crippen molar-refractivity contribution < 1.29 is 22.8 Å². The summed E-state index contributed by atoms with van der Waals surface area (Å²) in [6, 6.07) is 12.5. The zero-order valence-corrected chi connectivity index (χ0v) is 18.8. The second kappa shape index (κ2) is 10.5. The van der Waals surface area contributed by atoms with Gasteiger partial charge >= 0.3 is 6.18 Å². The molecule has 3 aromatic rings. The number of halogens is 3. The maximum atomic E-state index is 13.1. The summed E-state index contributed by atoms with van der Waals surface area (Å²) >= 11 is 1.09. The molecule has 11 heteroatoms. The number of aryl methyl sites for hydroxylation is 1. The molecule has 0 aliphatic heterocycles. The van der Waals surface area contributed by atoms with Gasteiger partial charge in [0.1, 0.15) is 0 Å². The SMILES string of the molecule is CCc1ccc(-c2nc(SCC(=O)N(C)CC(=O)Nc3ccccc3C(F)(F)F)n[nH]2)cc1. The number of rotatable bonds is 8. The van der Waals surface area contributed by atoms with Crippen molar-refractivity contribution in [2.24, 2.45) is 0 Å². The first kappa shape index (κ1) is 24.3. The molecule has 0 aliphatic rings. The number of nitrogens with one attached hydrogen (secondary N) is 2. The predicted octanol–water partition coefficient (Wildman–Crippen LogP) is 4.24. The summed E-state index contributed by atoms with van der Waals surface area (Å²) < 4.78 is 39.2. The van der Waals surface area contributed by atoms with E-state index < -0.39 is 30.1 Å². The number of alkyl halides is 3. The maximum absolute atomic E-state index is 13.1. The van der Waals surface area contributed by atoms with Gasteiger partial charge in [0, 0.05) is 12.6 Å². The van der Waals surface area contributed by atoms with E-state index in [0.717, 1.165) is 40.8 Å². The van der Waals surface area contributed by atoms with Crippen LogP contribution in [0, 0.1) is 0 Å². The number of likely N-dealkylation sites (N-methyl/N-ethyl adjacent to an activating group) is 1. The Hall–Kier alpha value is -3.34. The van der Waals surface area contributed by atoms with Crippen LogP contribution in [0.15, 0.2) is 53.7 Å². The van der Waals surface area contributed by atoms with Crippen LogP contribution in [0.1, 0.15) is 18.1 Å². The van der Waals surface area contributed by atoms with E-state index in [1.165, 1.54) is 24.7 Å². The number of para-hydroxylation sites is 1. The number of aromatic amines is 1. The highest BCUT2D eigenvalue weighted by atomic mass is 32.2. The van der Waals surface area contributed by atoms with Crippen LogP contribution in [0.5, 0.6) is 0 Å². The Balaban J connectivity index is 1.52. The van der Waals surface area contributed by atoms with Gasteiger partial charge in [-0.2, -0.15) is 13.2 Å². The average Bonchev–Trinajstić information content (AvgIpc) is 3.26. The molecule has 0 atom stereocenters. The highest BCUT2D eigenvalue weighted by Gasteiger charge is 2.33. The minimum absolute atomic E-state index is 0.0328. The summed E-state index contributed by atoms with van der Waals surface area (Å²) in [4.78, 5) is 30.0. The first-order valence-electron chi connectivity index (χ1n) is 10.0. The molecule has 1 heterocycles. The van der Waals surface area contributed by atoms with Gasteiger partial charge in [-0.05, 0) is 24.1 Å². The molecule has 0 saturated heterocycles. The van der Waals surface area contributed by atoms with Gasteiger partial charge in [-0.1, -0.05) is 55.1 Å². The monoisotopic (exact) mass is 477 g/mol. The molecule has 0 radical (unpaired) electrons. The van der Waals surface area contributed by atoms with Gasteiger partial charge in [0.25, 0.3) is 0 Å². The van der Waals surface area contributed by atoms with E-state index in [2.05, 4.69) is 27.4 Å². The molecule has 33 heavy (non-hydrogen) atoms. The summed E-state index contributed by atoms with van der Waals surface area (Å²) in [5, 5.41) is 9.50. The zero-order chi connectivity index (χ0) is 24.0. The summed E-state index contributed by atoms with van der Waals surface area (Å²) in [5.74, 6) is -0.584. The van der Waals surface area contributed by atoms with Crippen molar-refractivity contribution in [3.8, 4) is 11.4 Å². The van der Waals surface area contributed by atoms with Crippen LogP contribution in [0.2, 0.25) is 0 Å². The van der Waals surface area contributed by atoms with Crippen LogP contribution in [-0.2, 0) is 22.2 Å². The minimum atomic E-state index is -4.60. The molecule has 1 aromatic heterocycles. The van der Waals surface area contributed by atoms with Crippen LogP contribution in [0.3, 0.4) is 0 Å². The Morgan fingerprint density at radius 2 is 1.82 bits per heavy atom. The van der Waals surface area contributed by atoms with Gasteiger partial charge in [0.15, 0.2) is 5.82 Å². The lowest BCUT2D eigenvalue weighted by Gasteiger charge is -2.18. The maximum Gasteiger partial charge on any atom is 0.418 e. The van der Waals surface area contributed by atoms with Gasteiger partial charge in [-0.3, -0.25) is 14.7 Å². The molecule has 0 unspecified atom stereocenters. The van der Waals surface area contributed by atoms with E-state index >= 15 is 0 Å². The molecule has 0 aliphatic carbocycles. The molecule has 174 valence electrons. The smallest absolute Gasteiger partial charge is 0.336 e. The lowest BCUT2D eigenvalue weighted by atomic mass is 10.1. The van der Waals surface area contributed by atoms with E-state index in [9.17, 15) is 22.8 Å². The van der Waals surface area contributed by atoms with Gasteiger partial charge in [0.05, 0.1) is 23.5 Å². The molecule has 0 saturated carbocycles. The Morgan fingerprint density at radius 3 is 2.48 bits per heavy atom. The summed E-state index contributed by atoms with van der Waals surface area (Å²) in [6.07, 6.45) is -3.67. The van der Waals surface area contributed by atoms with E-state index in [0.29, 0.717) is 11.0 Å². The van der Waals surface area contributed by atoms with Gasteiger partial charge < -0.3 is 10.2 Å². The largest absolute Gasteiger partial charge is 0.418 e. The van der Waals surface area contributed by atoms with Crippen molar-refractivity contribution in [1.29, 1.82) is 0 Å². The van der Waals surface area contributed by atoms with Crippen molar-refractivity contribution in [3.05, 3.63) is 59.7 Å². The molecule has 2 N–H and O–H groups in total. The number of nitrogens with zero attached hydrogens (tertiary/aromatic N) is 3. The Kier molecular flexibility index (Phi) is 7.75. The van der Waals surface area contributed by atoms with Crippen molar-refractivity contribution >= 4 is 29.3 Å². The molecule has 0 spiro atoms. The fraction of sp³-hybridized carbons (Fsp3) is 0.273. The molecule has 2 aromatic carbocycles. The lowest BCUT2D eigenvalue weighted by Crippen LogP contribution is -2.36. The highest BCUT2D eigenvalue weighted by Crippen LogP contribution is 2.34. The number of amides is 2. The van der Waals surface area contributed by atoms with Crippen LogP contribution < -0.4 is 5.32 Å². The third-order valence-electron chi connectivity index (χ3n) is 4.74. The molecule has 3 rings (SSSR count). The number of carbonyl (C=O) groups excluding carboxylic acids is 2. The van der Waals surface area contributed by atoms with Crippen LogP contribution >= 0.6 is 11.8 Å². The van der Waals surface area contributed by atoms with Gasteiger partial charge in [0.2, 0.25) is 17.0 Å². The molecule has 0 fully saturated rings. The quantitative estimate of drug-likeness (QED) is 0.474. The third kappa shape index (κ3) is 6.58. The topological polar surface area (TPSA) is 91.0 Å². The summed E-state index contributed by atoms with van der Waals surface area (Å²) in [6.45, 7) is 1.67. The third-order valence-corrected chi connectivity index (χ3v) is 5.57. The Morgan fingerprint density at radius 1 is 1.12 bits per heavy atom. The lowest BCUT2D eigenvalue weighted by molar-refractivity contribution is -0.137. The second-order valence-electron chi connectivity index (χ2n) is 7.15. The average molecular weight is 478 g/mol. The molecule has 0 bridgehead atoms. The van der Waals surface area contributed by atoms with E-state index in [4.69, 9.17) is 0 Å². The van der Waals surface area contributed by atoms with Crippen LogP contribution in [0.4, 0.5) is 18.9 Å². The van der Waals surface area contributed by atoms with Crippen molar-refractivity contribution in [2.45, 2.75) is 24.7 Å². The highest BCUT2D eigenvalue weighted by molar-refractivity contribution is 7.99. The van der Waals surface area contributed by atoms with E-state index in [1.54, 1.807) is 0 Å². The summed E-state index contributed by atoms with van der Waals surface area (Å²) in [7, 11) is 1.40. The van der Waals surface area contributed by atoms with Crippen LogP contribution in [0.25, 0.3) is 11.4 Å². The number of benzene rings is 2. The van der Waals surface area contributed by atoms with Crippen molar-refractivity contribution in [2.75, 3.05) is 24.7 Å². The number of aromatic nitrogens is 3. The Bertz CT molecular complexity index is 1120. The van der Waals surface area contributed by atoms with Crippen LogP contribution in [-0.4, -0.2) is 51.2 Å². The first-order valence-corrected chi connectivity index (χ1v) is 11.0. The standard InChI is InChI=1S/C22H22F3N5O2S/c1-3-14-8-10-15(11-9-14)20-27-21(29-28-20)33-13-19(32)30(2)12-18(31)26-17-7-5-4-6-16(17)22(23,24)25/h4-11H,3,12-13H2,1-2H3,(H,26,31)(H,27,28,29). The number of hydrogen-bond donors (Lipinski definition) is 2. The second-order valence-corrected chi connectivity index (χ2v) is 8.09. The van der Waals surface area contributed by atoms with Crippen molar-refractivity contribution in [1.82, 2.24) is 20.1 Å². The molecule has 2 amide bonds. The minimum Gasteiger partial charge on any atom is -0.336 e. The number of thioether (sulfide) groups is 1. The number of hydrogen-bond acceptors (Lipinski definition) is 5. The van der Waals surface area contributed by atoms with E-state index in [-0.39, 0.29) is 11.4 Å². The molecule has 7 nitrogen and oxygen atoms in total. The Labute approximate surface area is 192 Å². The normalized spacial score (nSPS) is 11.3. The van der Waals surface area contributed by atoms with Gasteiger partial charge in [-0.25, -0.2) is 4.98 Å². The van der Waals surface area contributed by atoms with E-state index in [1.807, 2.05) is 24.3 Å². The number of carbonyl (C=O) groups is 2. The fourth-order valence-corrected chi connectivity index (χ4v) is 3.65. The number of anilines is 1. The first-order chi connectivity index (χ1) is 15.7. The number of H-pyrrole nitrogens is 1. The fourth-order valence-electron chi connectivity index (χ4n) is 2.91. The van der Waals surface area contributed by atoms with Gasteiger partial charge in [-0.15, -0.1) is 5.10 Å². The predicted molar refractivity (Wildman–Crippen MR) is 120 cm³/mol. The van der Waals surface area contributed by atoms with Crippen molar-refractivity contribution in [3.63, 3.8) is 0 Å². The summed E-state index contributed by atoms with van der Waals surface area (Å²) in [5.41, 5.74) is 0.760.